The summed E-state index contributed by atoms with van der Waals surface area (Å²) in [6.07, 6.45) is 1.51. The molecule has 29 heavy (non-hydrogen) atoms. The average molecular weight is 397 g/mol. The Morgan fingerprint density at radius 2 is 1.97 bits per heavy atom. The van der Waals surface area contributed by atoms with Crippen molar-refractivity contribution in [2.24, 2.45) is 0 Å². The van der Waals surface area contributed by atoms with E-state index in [1.54, 1.807) is 6.92 Å². The molecule has 0 radical (unpaired) electrons. The van der Waals surface area contributed by atoms with E-state index < -0.39 is 23.5 Å². The van der Waals surface area contributed by atoms with Gasteiger partial charge in [-0.1, -0.05) is 49.1 Å². The summed E-state index contributed by atoms with van der Waals surface area (Å²) >= 11 is 0. The van der Waals surface area contributed by atoms with Crippen LogP contribution in [-0.4, -0.2) is 23.4 Å². The van der Waals surface area contributed by atoms with Gasteiger partial charge in [-0.25, -0.2) is 13.6 Å². The molecule has 6 heteroatoms. The molecular weight excluding hydrogens is 376 g/mol. The number of hydrogen-bond acceptors (Lipinski definition) is 3. The highest BCUT2D eigenvalue weighted by Crippen LogP contribution is 2.37. The number of benzene rings is 2. The van der Waals surface area contributed by atoms with Crippen LogP contribution < -0.4 is 0 Å². The van der Waals surface area contributed by atoms with Gasteiger partial charge >= 0.3 is 5.97 Å². The Bertz CT molecular complexity index is 969. The average Bonchev–Trinajstić information content (AvgIpc) is 2.71. The summed E-state index contributed by atoms with van der Waals surface area (Å²) in [5.74, 6) is -2.70. The molecule has 1 atom stereocenters. The van der Waals surface area contributed by atoms with Crippen LogP contribution in [0.3, 0.4) is 0 Å². The molecule has 0 fully saturated rings. The Hall–Kier alpha value is -3.28. The molecule has 1 aliphatic heterocycles. The minimum atomic E-state index is -0.744. The summed E-state index contributed by atoms with van der Waals surface area (Å²) in [5.41, 5.74) is 1.72. The van der Waals surface area contributed by atoms with E-state index in [1.807, 2.05) is 30.3 Å². The Balaban J connectivity index is 2.02. The Labute approximate surface area is 168 Å². The van der Waals surface area contributed by atoms with Crippen LogP contribution >= 0.6 is 0 Å². The summed E-state index contributed by atoms with van der Waals surface area (Å²) in [6, 6.07) is 12.4. The lowest BCUT2D eigenvalue weighted by Gasteiger charge is -2.34. The SMILES string of the molecule is C=CCOC(=O)C1=C(C)N(Cc2ccc(F)cc2F)C(=O)C[C@@H]1c1ccccc1. The third kappa shape index (κ3) is 4.42. The van der Waals surface area contributed by atoms with Gasteiger partial charge in [0.15, 0.2) is 0 Å². The largest absolute Gasteiger partial charge is 0.458 e. The predicted octanol–water partition coefficient (Wildman–Crippen LogP) is 4.48. The maximum Gasteiger partial charge on any atom is 0.336 e. The summed E-state index contributed by atoms with van der Waals surface area (Å²) < 4.78 is 32.6. The number of allylic oxidation sites excluding steroid dienone is 1. The first-order valence-electron chi connectivity index (χ1n) is 9.20. The van der Waals surface area contributed by atoms with Crippen molar-refractivity contribution >= 4 is 11.9 Å². The van der Waals surface area contributed by atoms with Gasteiger partial charge < -0.3 is 9.64 Å². The van der Waals surface area contributed by atoms with Crippen molar-refractivity contribution in [2.45, 2.75) is 25.8 Å². The monoisotopic (exact) mass is 397 g/mol. The Morgan fingerprint density at radius 3 is 2.62 bits per heavy atom. The third-order valence-corrected chi connectivity index (χ3v) is 4.92. The predicted molar refractivity (Wildman–Crippen MR) is 105 cm³/mol. The first-order chi connectivity index (χ1) is 13.9. The number of hydrogen-bond donors (Lipinski definition) is 0. The fourth-order valence-corrected chi connectivity index (χ4v) is 3.47. The van der Waals surface area contributed by atoms with Gasteiger partial charge in [-0.3, -0.25) is 4.79 Å². The molecule has 150 valence electrons. The number of esters is 1. The summed E-state index contributed by atoms with van der Waals surface area (Å²) in [4.78, 5) is 27.0. The van der Waals surface area contributed by atoms with E-state index in [0.717, 1.165) is 17.7 Å². The van der Waals surface area contributed by atoms with E-state index in [-0.39, 0.29) is 31.0 Å². The standard InChI is InChI=1S/C23H21F2NO3/c1-3-11-29-23(28)22-15(2)26(14-17-9-10-18(24)12-20(17)25)21(27)13-19(22)16-7-5-4-6-8-16/h3-10,12,19H,1,11,13-14H2,2H3/t19-/m1/s1. The van der Waals surface area contributed by atoms with Crippen molar-refractivity contribution in [3.05, 3.63) is 95.2 Å². The topological polar surface area (TPSA) is 46.6 Å². The van der Waals surface area contributed by atoms with E-state index >= 15 is 0 Å². The van der Waals surface area contributed by atoms with Crippen LogP contribution in [0.2, 0.25) is 0 Å². The van der Waals surface area contributed by atoms with Gasteiger partial charge in [0, 0.05) is 29.7 Å². The molecular formula is C23H21F2NO3. The molecule has 2 aromatic carbocycles. The molecule has 0 aromatic heterocycles. The van der Waals surface area contributed by atoms with Gasteiger partial charge in [0.1, 0.15) is 18.2 Å². The fourth-order valence-electron chi connectivity index (χ4n) is 3.47. The third-order valence-electron chi connectivity index (χ3n) is 4.92. The van der Waals surface area contributed by atoms with E-state index in [1.165, 1.54) is 17.0 Å². The highest BCUT2D eigenvalue weighted by atomic mass is 19.1. The van der Waals surface area contributed by atoms with E-state index in [0.29, 0.717) is 11.3 Å². The Kier molecular flexibility index (Phi) is 6.22. The van der Waals surface area contributed by atoms with Crippen LogP contribution in [-0.2, 0) is 20.9 Å². The minimum Gasteiger partial charge on any atom is -0.458 e. The second-order valence-electron chi connectivity index (χ2n) is 6.77. The fraction of sp³-hybridized carbons (Fsp3) is 0.217. The van der Waals surface area contributed by atoms with E-state index in [4.69, 9.17) is 4.74 Å². The summed E-state index contributed by atoms with van der Waals surface area (Å²) in [5, 5.41) is 0. The zero-order valence-corrected chi connectivity index (χ0v) is 16.0. The molecule has 0 bridgehead atoms. The molecule has 2 aromatic rings. The molecule has 0 saturated carbocycles. The highest BCUT2D eigenvalue weighted by molar-refractivity contribution is 5.95. The summed E-state index contributed by atoms with van der Waals surface area (Å²) in [6.45, 7) is 5.12. The van der Waals surface area contributed by atoms with E-state index in [2.05, 4.69) is 6.58 Å². The van der Waals surface area contributed by atoms with Gasteiger partial charge in [-0.2, -0.15) is 0 Å². The molecule has 1 amide bonds. The number of rotatable bonds is 6. The quantitative estimate of drug-likeness (QED) is 0.533. The minimum absolute atomic E-state index is 0.0393. The number of carbonyl (C=O) groups excluding carboxylic acids is 2. The first kappa shape index (κ1) is 20.5. The van der Waals surface area contributed by atoms with Gasteiger partial charge in [0.25, 0.3) is 0 Å². The molecule has 0 N–H and O–H groups in total. The molecule has 0 unspecified atom stereocenters. The number of halogens is 2. The summed E-state index contributed by atoms with van der Waals surface area (Å²) in [7, 11) is 0. The van der Waals surface area contributed by atoms with Gasteiger partial charge in [0.05, 0.1) is 12.1 Å². The molecule has 3 rings (SSSR count). The lowest BCUT2D eigenvalue weighted by atomic mass is 9.83. The molecule has 0 aliphatic carbocycles. The van der Waals surface area contributed by atoms with Gasteiger partial charge in [-0.05, 0) is 18.6 Å². The van der Waals surface area contributed by atoms with Crippen LogP contribution in [0, 0.1) is 11.6 Å². The van der Waals surface area contributed by atoms with Crippen LogP contribution in [0.1, 0.15) is 30.4 Å². The van der Waals surface area contributed by atoms with Crippen molar-refractivity contribution in [3.63, 3.8) is 0 Å². The number of carbonyl (C=O) groups is 2. The van der Waals surface area contributed by atoms with Crippen LogP contribution in [0.4, 0.5) is 8.78 Å². The van der Waals surface area contributed by atoms with Crippen LogP contribution in [0.15, 0.2) is 72.5 Å². The first-order valence-corrected chi connectivity index (χ1v) is 9.20. The van der Waals surface area contributed by atoms with E-state index in [9.17, 15) is 18.4 Å². The van der Waals surface area contributed by atoms with Crippen molar-refractivity contribution < 1.29 is 23.1 Å². The molecule has 4 nitrogen and oxygen atoms in total. The smallest absolute Gasteiger partial charge is 0.336 e. The molecule has 1 aliphatic rings. The van der Waals surface area contributed by atoms with Crippen molar-refractivity contribution in [1.82, 2.24) is 4.90 Å². The van der Waals surface area contributed by atoms with Gasteiger partial charge in [-0.15, -0.1) is 0 Å². The number of ether oxygens (including phenoxy) is 1. The highest BCUT2D eigenvalue weighted by Gasteiger charge is 2.37. The van der Waals surface area contributed by atoms with Crippen LogP contribution in [0.25, 0.3) is 0 Å². The second-order valence-corrected chi connectivity index (χ2v) is 6.77. The zero-order chi connectivity index (χ0) is 21.0. The maximum atomic E-state index is 14.1. The molecule has 0 spiro atoms. The normalized spacial score (nSPS) is 16.7. The number of nitrogens with zero attached hydrogens (tertiary/aromatic N) is 1. The van der Waals surface area contributed by atoms with Crippen molar-refractivity contribution in [1.29, 1.82) is 0 Å². The van der Waals surface area contributed by atoms with Gasteiger partial charge in [0.2, 0.25) is 5.91 Å². The second kappa shape index (κ2) is 8.82. The maximum absolute atomic E-state index is 14.1. The molecule has 0 saturated heterocycles. The Morgan fingerprint density at radius 1 is 1.24 bits per heavy atom. The number of amides is 1. The van der Waals surface area contributed by atoms with Crippen molar-refractivity contribution in [2.75, 3.05) is 6.61 Å². The lowest BCUT2D eigenvalue weighted by Crippen LogP contribution is -2.38. The van der Waals surface area contributed by atoms with Crippen molar-refractivity contribution in [3.8, 4) is 0 Å². The molecule has 1 heterocycles. The zero-order valence-electron chi connectivity index (χ0n) is 16.0. The van der Waals surface area contributed by atoms with Crippen LogP contribution in [0.5, 0.6) is 0 Å². The lowest BCUT2D eigenvalue weighted by molar-refractivity contribution is -0.139.